The molecule has 0 amide bonds. The third-order valence-electron chi connectivity index (χ3n) is 4.55. The Labute approximate surface area is 143 Å². The summed E-state index contributed by atoms with van der Waals surface area (Å²) in [5, 5.41) is 0.635. The van der Waals surface area contributed by atoms with Gasteiger partial charge in [-0.3, -0.25) is 4.79 Å². The van der Waals surface area contributed by atoms with E-state index in [-0.39, 0.29) is 10.6 Å². The van der Waals surface area contributed by atoms with Crippen LogP contribution in [0.25, 0.3) is 0 Å². The lowest BCUT2D eigenvalue weighted by atomic mass is 9.77. The Morgan fingerprint density at radius 3 is 2.32 bits per heavy atom. The van der Waals surface area contributed by atoms with Crippen molar-refractivity contribution >= 4 is 46.6 Å². The lowest BCUT2D eigenvalue weighted by Crippen LogP contribution is -2.43. The maximum Gasteiger partial charge on any atom is 0.340 e. The van der Waals surface area contributed by atoms with E-state index in [2.05, 4.69) is 0 Å². The fourth-order valence-electron chi connectivity index (χ4n) is 3.51. The summed E-state index contributed by atoms with van der Waals surface area (Å²) in [5.74, 6) is -1.12. The molecule has 0 N–H and O–H groups in total. The fraction of sp³-hybridized carbons (Fsp3) is 0.500. The van der Waals surface area contributed by atoms with Crippen LogP contribution in [0, 0.1) is 6.92 Å². The Bertz CT molecular complexity index is 642. The van der Waals surface area contributed by atoms with Crippen molar-refractivity contribution in [3.05, 3.63) is 33.3 Å². The molecule has 22 heavy (non-hydrogen) atoms. The van der Waals surface area contributed by atoms with Gasteiger partial charge in [0.15, 0.2) is 5.60 Å². The summed E-state index contributed by atoms with van der Waals surface area (Å²) in [4.78, 5) is 23.7. The van der Waals surface area contributed by atoms with Crippen LogP contribution in [0.15, 0.2) is 12.1 Å². The van der Waals surface area contributed by atoms with Crippen molar-refractivity contribution in [2.45, 2.75) is 49.5 Å². The highest BCUT2D eigenvalue weighted by atomic mass is 35.5. The fourth-order valence-corrected chi connectivity index (χ4v) is 4.75. The molecule has 3 rings (SSSR count). The van der Waals surface area contributed by atoms with Crippen molar-refractivity contribution in [3.63, 3.8) is 0 Å². The number of hydrogen-bond donors (Lipinski definition) is 0. The Hall–Kier alpha value is -0.770. The highest BCUT2D eigenvalue weighted by molar-refractivity contribution is 6.50. The van der Waals surface area contributed by atoms with Crippen LogP contribution in [0.1, 0.15) is 43.2 Å². The molecule has 0 aromatic heterocycles. The number of ether oxygens (including phenoxy) is 1. The zero-order valence-corrected chi connectivity index (χ0v) is 14.3. The maximum absolute atomic E-state index is 13.0. The second-order valence-corrected chi connectivity index (χ2v) is 7.42. The van der Waals surface area contributed by atoms with E-state index in [9.17, 15) is 9.59 Å². The molecule has 1 aromatic carbocycles. The summed E-state index contributed by atoms with van der Waals surface area (Å²) in [5.41, 5.74) is -0.199. The number of ketones is 1. The summed E-state index contributed by atoms with van der Waals surface area (Å²) in [6, 6.07) is 3.13. The minimum absolute atomic E-state index is 0.207. The Balaban J connectivity index is 2.14. The van der Waals surface area contributed by atoms with Gasteiger partial charge < -0.3 is 4.74 Å². The van der Waals surface area contributed by atoms with Gasteiger partial charge in [0.05, 0.1) is 0 Å². The molecule has 1 aliphatic carbocycles. The van der Waals surface area contributed by atoms with Crippen molar-refractivity contribution in [3.8, 4) is 0 Å². The molecule has 0 bridgehead atoms. The molecular formula is C16H15Cl3O3. The molecule has 2 aliphatic rings. The summed E-state index contributed by atoms with van der Waals surface area (Å²) < 4.78 is 5.50. The van der Waals surface area contributed by atoms with Gasteiger partial charge in [-0.15, -0.1) is 0 Å². The van der Waals surface area contributed by atoms with Gasteiger partial charge >= 0.3 is 5.97 Å². The van der Waals surface area contributed by atoms with E-state index in [1.54, 1.807) is 13.0 Å². The molecule has 1 unspecified atom stereocenters. The van der Waals surface area contributed by atoms with Gasteiger partial charge in [-0.1, -0.05) is 41.2 Å². The van der Waals surface area contributed by atoms with E-state index in [0.29, 0.717) is 23.4 Å². The van der Waals surface area contributed by atoms with Gasteiger partial charge in [0.25, 0.3) is 0 Å². The molecule has 2 fully saturated rings. The third-order valence-corrected chi connectivity index (χ3v) is 5.59. The summed E-state index contributed by atoms with van der Waals surface area (Å²) in [6.45, 7) is 1.73. The van der Waals surface area contributed by atoms with Crippen molar-refractivity contribution < 1.29 is 14.3 Å². The second kappa shape index (κ2) is 5.40. The van der Waals surface area contributed by atoms with Crippen LogP contribution < -0.4 is 0 Å². The molecule has 1 heterocycles. The van der Waals surface area contributed by atoms with Gasteiger partial charge in [-0.05, 0) is 50.3 Å². The predicted octanol–water partition coefficient (Wildman–Crippen LogP) is 4.56. The number of hydrogen-bond acceptors (Lipinski definition) is 3. The number of alkyl halides is 1. The minimum Gasteiger partial charge on any atom is -0.449 e. The normalized spacial score (nSPS) is 27.3. The van der Waals surface area contributed by atoms with E-state index < -0.39 is 22.2 Å². The molecule has 3 nitrogen and oxygen atoms in total. The first kappa shape index (κ1) is 16.1. The van der Waals surface area contributed by atoms with E-state index in [1.807, 2.05) is 0 Å². The second-order valence-electron chi connectivity index (χ2n) is 6.01. The van der Waals surface area contributed by atoms with E-state index in [1.165, 1.54) is 6.07 Å². The summed E-state index contributed by atoms with van der Waals surface area (Å²) in [6.07, 6.45) is 3.77. The molecule has 0 radical (unpaired) electrons. The van der Waals surface area contributed by atoms with E-state index in [0.717, 1.165) is 19.3 Å². The highest BCUT2D eigenvalue weighted by Crippen LogP contribution is 2.51. The molecular weight excluding hydrogens is 347 g/mol. The number of carbonyl (C=O) groups excluding carboxylic acids is 2. The minimum atomic E-state index is -1.87. The van der Waals surface area contributed by atoms with Crippen molar-refractivity contribution in [1.29, 1.82) is 0 Å². The lowest BCUT2D eigenvalue weighted by molar-refractivity contribution is -0.155. The first-order valence-electron chi connectivity index (χ1n) is 7.25. The van der Waals surface area contributed by atoms with Crippen LogP contribution in [0.2, 0.25) is 10.0 Å². The number of halogens is 3. The zero-order chi connectivity index (χ0) is 16.1. The van der Waals surface area contributed by atoms with Crippen LogP contribution in [0.3, 0.4) is 0 Å². The molecule has 1 atom stereocenters. The predicted molar refractivity (Wildman–Crippen MR) is 85.6 cm³/mol. The topological polar surface area (TPSA) is 43.4 Å². The number of esters is 1. The van der Waals surface area contributed by atoms with Crippen molar-refractivity contribution in [2.24, 2.45) is 0 Å². The number of carbonyl (C=O) groups is 2. The number of benzene rings is 1. The molecule has 1 spiro atoms. The van der Waals surface area contributed by atoms with Crippen molar-refractivity contribution in [2.75, 3.05) is 0 Å². The average molecular weight is 362 g/mol. The molecule has 1 saturated heterocycles. The quantitative estimate of drug-likeness (QED) is 0.418. The Morgan fingerprint density at radius 2 is 1.73 bits per heavy atom. The monoisotopic (exact) mass is 360 g/mol. The largest absolute Gasteiger partial charge is 0.449 e. The molecule has 1 saturated carbocycles. The van der Waals surface area contributed by atoms with Gasteiger partial charge in [-0.25, -0.2) is 4.79 Å². The van der Waals surface area contributed by atoms with Crippen molar-refractivity contribution in [1.82, 2.24) is 0 Å². The zero-order valence-electron chi connectivity index (χ0n) is 12.0. The Morgan fingerprint density at radius 1 is 1.09 bits per heavy atom. The Kier molecular flexibility index (Phi) is 3.95. The number of Topliss-reactive ketones (excluding diaryl/α,β-unsaturated/α-hetero) is 1. The summed E-state index contributed by atoms with van der Waals surface area (Å²) in [7, 11) is 0. The third kappa shape index (κ3) is 2.17. The molecule has 1 aromatic rings. The van der Waals surface area contributed by atoms with Crippen LogP contribution in [-0.4, -0.2) is 17.4 Å². The van der Waals surface area contributed by atoms with Gasteiger partial charge in [0.2, 0.25) is 10.7 Å². The SMILES string of the molecule is Cc1cc(Cl)cc(Cl)c1C1(Cl)C(=O)OC2(CCCCC2)C1=O. The first-order valence-corrected chi connectivity index (χ1v) is 8.38. The molecule has 1 aliphatic heterocycles. The van der Waals surface area contributed by atoms with Gasteiger partial charge in [-0.2, -0.15) is 0 Å². The standard InChI is InChI=1S/C16H15Cl3O3/c1-9-7-10(17)8-11(18)12(9)16(19)13(20)15(22-14(16)21)5-3-2-4-6-15/h7-8H,2-6H2,1H3. The number of rotatable bonds is 1. The van der Waals surface area contributed by atoms with Gasteiger partial charge in [0, 0.05) is 15.6 Å². The first-order chi connectivity index (χ1) is 10.3. The van der Waals surface area contributed by atoms with Gasteiger partial charge in [0.1, 0.15) is 0 Å². The van der Waals surface area contributed by atoms with E-state index >= 15 is 0 Å². The smallest absolute Gasteiger partial charge is 0.340 e. The van der Waals surface area contributed by atoms with Crippen LogP contribution in [-0.2, 0) is 19.2 Å². The maximum atomic E-state index is 13.0. The molecule has 118 valence electrons. The average Bonchev–Trinajstić information content (AvgIpc) is 2.61. The van der Waals surface area contributed by atoms with Crippen LogP contribution >= 0.6 is 34.8 Å². The summed E-state index contributed by atoms with van der Waals surface area (Å²) >= 11 is 18.7. The highest BCUT2D eigenvalue weighted by Gasteiger charge is 2.65. The van der Waals surface area contributed by atoms with Crippen LogP contribution in [0.5, 0.6) is 0 Å². The molecule has 6 heteroatoms. The van der Waals surface area contributed by atoms with E-state index in [4.69, 9.17) is 39.5 Å². The number of aryl methyl sites for hydroxylation is 1. The van der Waals surface area contributed by atoms with Crippen LogP contribution in [0.4, 0.5) is 0 Å². The lowest BCUT2D eigenvalue weighted by Gasteiger charge is -2.30.